The van der Waals surface area contributed by atoms with E-state index in [4.69, 9.17) is 25.8 Å². The number of ether oxygens (including phenoxy) is 3. The summed E-state index contributed by atoms with van der Waals surface area (Å²) in [7, 11) is 3.01. The van der Waals surface area contributed by atoms with E-state index in [1.54, 1.807) is 66.7 Å². The molecule has 1 amide bonds. The van der Waals surface area contributed by atoms with E-state index in [2.05, 4.69) is 10.5 Å². The van der Waals surface area contributed by atoms with E-state index in [-0.39, 0.29) is 0 Å². The van der Waals surface area contributed by atoms with Gasteiger partial charge in [0.2, 0.25) is 0 Å². The van der Waals surface area contributed by atoms with E-state index in [1.165, 1.54) is 20.4 Å². The van der Waals surface area contributed by atoms with Gasteiger partial charge < -0.3 is 14.2 Å². The van der Waals surface area contributed by atoms with E-state index in [9.17, 15) is 9.59 Å². The summed E-state index contributed by atoms with van der Waals surface area (Å²) in [6.45, 7) is 0. The molecule has 0 saturated heterocycles. The fraction of sp³-hybridized carbons (Fsp3) is 0.0870. The minimum Gasteiger partial charge on any atom is -0.493 e. The van der Waals surface area contributed by atoms with Gasteiger partial charge in [-0.25, -0.2) is 10.2 Å². The summed E-state index contributed by atoms with van der Waals surface area (Å²) in [5.41, 5.74) is 3.82. The van der Waals surface area contributed by atoms with Gasteiger partial charge in [0.25, 0.3) is 5.91 Å². The Balaban J connectivity index is 1.63. The fourth-order valence-electron chi connectivity index (χ4n) is 2.62. The van der Waals surface area contributed by atoms with Crippen molar-refractivity contribution in [3.63, 3.8) is 0 Å². The number of halogens is 1. The summed E-state index contributed by atoms with van der Waals surface area (Å²) < 4.78 is 15.7. The summed E-state index contributed by atoms with van der Waals surface area (Å²) in [4.78, 5) is 24.5. The number of benzene rings is 3. The number of amides is 1. The Morgan fingerprint density at radius 1 is 0.903 bits per heavy atom. The number of nitrogens with zero attached hydrogens (tertiary/aromatic N) is 1. The maximum Gasteiger partial charge on any atom is 0.343 e. The first-order chi connectivity index (χ1) is 15.0. The molecule has 0 unspecified atom stereocenters. The van der Waals surface area contributed by atoms with E-state index in [0.29, 0.717) is 39.0 Å². The predicted molar refractivity (Wildman–Crippen MR) is 117 cm³/mol. The van der Waals surface area contributed by atoms with Crippen molar-refractivity contribution in [3.05, 3.63) is 88.4 Å². The van der Waals surface area contributed by atoms with E-state index >= 15 is 0 Å². The molecular formula is C23H19ClN2O5. The highest BCUT2D eigenvalue weighted by molar-refractivity contribution is 6.30. The van der Waals surface area contributed by atoms with Crippen molar-refractivity contribution >= 4 is 29.7 Å². The quantitative estimate of drug-likeness (QED) is 0.256. The summed E-state index contributed by atoms with van der Waals surface area (Å²) in [6.07, 6.45) is 1.44. The molecule has 0 aliphatic heterocycles. The Morgan fingerprint density at radius 3 is 2.32 bits per heavy atom. The zero-order chi connectivity index (χ0) is 22.2. The second kappa shape index (κ2) is 10.3. The lowest BCUT2D eigenvalue weighted by Crippen LogP contribution is -2.17. The van der Waals surface area contributed by atoms with E-state index in [0.717, 1.165) is 0 Å². The smallest absolute Gasteiger partial charge is 0.343 e. The number of carbonyl (C=O) groups excluding carboxylic acids is 2. The second-order valence-corrected chi connectivity index (χ2v) is 6.67. The summed E-state index contributed by atoms with van der Waals surface area (Å²) in [6, 6.07) is 17.9. The molecule has 0 heterocycles. The van der Waals surface area contributed by atoms with Gasteiger partial charge in [-0.3, -0.25) is 4.79 Å². The highest BCUT2D eigenvalue weighted by atomic mass is 35.5. The molecule has 7 nitrogen and oxygen atoms in total. The van der Waals surface area contributed by atoms with Crippen LogP contribution >= 0.6 is 11.6 Å². The van der Waals surface area contributed by atoms with Crippen LogP contribution in [0.25, 0.3) is 0 Å². The molecule has 0 spiro atoms. The molecule has 3 rings (SSSR count). The lowest BCUT2D eigenvalue weighted by atomic mass is 10.2. The third-order valence-corrected chi connectivity index (χ3v) is 4.43. The van der Waals surface area contributed by atoms with Crippen molar-refractivity contribution < 1.29 is 23.8 Å². The molecule has 0 radical (unpaired) electrons. The normalized spacial score (nSPS) is 10.5. The largest absolute Gasteiger partial charge is 0.493 e. The zero-order valence-electron chi connectivity index (χ0n) is 16.8. The number of hydrogen-bond donors (Lipinski definition) is 1. The lowest BCUT2D eigenvalue weighted by molar-refractivity contribution is 0.0734. The third kappa shape index (κ3) is 5.83. The maximum absolute atomic E-state index is 12.3. The SMILES string of the molecule is COc1ccc(C(=O)NN=Cc2cccc(OC(=O)c3ccc(Cl)cc3)c2)cc1OC. The van der Waals surface area contributed by atoms with E-state index in [1.807, 2.05) is 0 Å². The predicted octanol–water partition coefficient (Wildman–Crippen LogP) is 4.34. The monoisotopic (exact) mass is 438 g/mol. The lowest BCUT2D eigenvalue weighted by Gasteiger charge is -2.08. The average Bonchev–Trinajstić information content (AvgIpc) is 2.79. The van der Waals surface area contributed by atoms with Gasteiger partial charge in [-0.2, -0.15) is 5.10 Å². The Kier molecular flexibility index (Phi) is 7.24. The number of rotatable bonds is 7. The van der Waals surface area contributed by atoms with Crippen molar-refractivity contribution in [2.75, 3.05) is 14.2 Å². The van der Waals surface area contributed by atoms with Gasteiger partial charge in [0.15, 0.2) is 11.5 Å². The first kappa shape index (κ1) is 21.9. The maximum atomic E-state index is 12.3. The van der Waals surface area contributed by atoms with Gasteiger partial charge in [0, 0.05) is 10.6 Å². The fourth-order valence-corrected chi connectivity index (χ4v) is 2.74. The number of methoxy groups -OCH3 is 2. The Morgan fingerprint density at radius 2 is 1.61 bits per heavy atom. The molecule has 1 N–H and O–H groups in total. The molecule has 0 aliphatic carbocycles. The number of hydrazone groups is 1. The molecule has 158 valence electrons. The summed E-state index contributed by atoms with van der Waals surface area (Å²) >= 11 is 5.83. The van der Waals surface area contributed by atoms with Crippen LogP contribution in [0.1, 0.15) is 26.3 Å². The minimum absolute atomic E-state index is 0.343. The first-order valence-electron chi connectivity index (χ1n) is 9.13. The highest BCUT2D eigenvalue weighted by Gasteiger charge is 2.10. The molecule has 0 bridgehead atoms. The van der Waals surface area contributed by atoms with Crippen molar-refractivity contribution in [1.82, 2.24) is 5.43 Å². The van der Waals surface area contributed by atoms with Crippen LogP contribution in [-0.2, 0) is 0 Å². The molecule has 3 aromatic carbocycles. The van der Waals surface area contributed by atoms with Gasteiger partial charge in [0.05, 0.1) is 26.0 Å². The van der Waals surface area contributed by atoms with Crippen LogP contribution in [0.3, 0.4) is 0 Å². The van der Waals surface area contributed by atoms with Gasteiger partial charge in [0.1, 0.15) is 5.75 Å². The molecule has 31 heavy (non-hydrogen) atoms. The molecular weight excluding hydrogens is 420 g/mol. The highest BCUT2D eigenvalue weighted by Crippen LogP contribution is 2.27. The van der Waals surface area contributed by atoms with Crippen LogP contribution in [0.5, 0.6) is 17.2 Å². The van der Waals surface area contributed by atoms with Gasteiger partial charge in [-0.05, 0) is 60.2 Å². The van der Waals surface area contributed by atoms with Crippen LogP contribution < -0.4 is 19.6 Å². The summed E-state index contributed by atoms with van der Waals surface area (Å²) in [5.74, 6) is 0.381. The second-order valence-electron chi connectivity index (χ2n) is 6.24. The third-order valence-electron chi connectivity index (χ3n) is 4.17. The molecule has 0 aromatic heterocycles. The van der Waals surface area contributed by atoms with E-state index < -0.39 is 11.9 Å². The number of esters is 1. The van der Waals surface area contributed by atoms with Crippen LogP contribution in [-0.4, -0.2) is 32.3 Å². The molecule has 8 heteroatoms. The van der Waals surface area contributed by atoms with Crippen molar-refractivity contribution in [2.24, 2.45) is 5.10 Å². The van der Waals surface area contributed by atoms with Gasteiger partial charge >= 0.3 is 5.97 Å². The molecule has 0 aliphatic rings. The average molecular weight is 439 g/mol. The topological polar surface area (TPSA) is 86.2 Å². The van der Waals surface area contributed by atoms with Crippen LogP contribution in [0, 0.1) is 0 Å². The number of carbonyl (C=O) groups is 2. The van der Waals surface area contributed by atoms with Crippen LogP contribution in [0.2, 0.25) is 5.02 Å². The van der Waals surface area contributed by atoms with Crippen molar-refractivity contribution in [2.45, 2.75) is 0 Å². The van der Waals surface area contributed by atoms with Gasteiger partial charge in [-0.15, -0.1) is 0 Å². The van der Waals surface area contributed by atoms with Crippen molar-refractivity contribution in [1.29, 1.82) is 0 Å². The molecule has 0 atom stereocenters. The minimum atomic E-state index is -0.507. The molecule has 0 saturated carbocycles. The Hall–Kier alpha value is -3.84. The van der Waals surface area contributed by atoms with Gasteiger partial charge in [-0.1, -0.05) is 23.7 Å². The van der Waals surface area contributed by atoms with Crippen LogP contribution in [0.15, 0.2) is 71.8 Å². The zero-order valence-corrected chi connectivity index (χ0v) is 17.6. The Labute approximate surface area is 184 Å². The van der Waals surface area contributed by atoms with Crippen LogP contribution in [0.4, 0.5) is 0 Å². The number of hydrogen-bond acceptors (Lipinski definition) is 6. The summed E-state index contributed by atoms with van der Waals surface area (Å²) in [5, 5.41) is 4.48. The molecule has 3 aromatic rings. The first-order valence-corrected chi connectivity index (χ1v) is 9.51. The van der Waals surface area contributed by atoms with Crippen molar-refractivity contribution in [3.8, 4) is 17.2 Å². The Bertz CT molecular complexity index is 1110. The molecule has 0 fully saturated rings. The standard InChI is InChI=1S/C23H19ClN2O5/c1-29-20-11-8-17(13-21(20)30-2)22(27)26-25-14-15-4-3-5-19(12-15)31-23(28)16-6-9-18(24)10-7-16/h3-14H,1-2H3,(H,26,27). The number of nitrogens with one attached hydrogen (secondary N) is 1.